The normalized spacial score (nSPS) is 14.6. The number of amides is 3. The van der Waals surface area contributed by atoms with Crippen molar-refractivity contribution in [1.82, 2.24) is 15.4 Å². The van der Waals surface area contributed by atoms with Gasteiger partial charge in [0, 0.05) is 30.4 Å². The third kappa shape index (κ3) is 4.84. The Bertz CT molecular complexity index is 746. The van der Waals surface area contributed by atoms with Crippen molar-refractivity contribution in [2.75, 3.05) is 18.4 Å². The van der Waals surface area contributed by atoms with Crippen LogP contribution in [0.15, 0.2) is 34.9 Å². The highest BCUT2D eigenvalue weighted by Gasteiger charge is 2.17. The van der Waals surface area contributed by atoms with Crippen LogP contribution < -0.4 is 10.6 Å². The minimum Gasteiger partial charge on any atom is -0.361 e. The number of aromatic nitrogens is 1. The molecule has 2 aromatic rings. The van der Waals surface area contributed by atoms with E-state index in [1.165, 1.54) is 12.8 Å². The van der Waals surface area contributed by atoms with E-state index in [1.807, 2.05) is 4.90 Å². The Morgan fingerprint density at radius 2 is 1.81 bits per heavy atom. The first-order valence-electron chi connectivity index (χ1n) is 8.98. The summed E-state index contributed by atoms with van der Waals surface area (Å²) in [6.45, 7) is 3.73. The second-order valence-corrected chi connectivity index (χ2v) is 6.52. The summed E-state index contributed by atoms with van der Waals surface area (Å²) >= 11 is 0. The summed E-state index contributed by atoms with van der Waals surface area (Å²) < 4.78 is 4.95. The van der Waals surface area contributed by atoms with Gasteiger partial charge in [-0.05, 0) is 44.0 Å². The second kappa shape index (κ2) is 8.51. The molecule has 7 heteroatoms. The molecule has 26 heavy (non-hydrogen) atoms. The minimum atomic E-state index is -0.336. The monoisotopic (exact) mass is 356 g/mol. The van der Waals surface area contributed by atoms with Gasteiger partial charge in [-0.25, -0.2) is 4.79 Å². The summed E-state index contributed by atoms with van der Waals surface area (Å²) in [6, 6.07) is 8.42. The highest BCUT2D eigenvalue weighted by atomic mass is 16.5. The lowest BCUT2D eigenvalue weighted by Gasteiger charge is -2.20. The fourth-order valence-electron chi connectivity index (χ4n) is 3.00. The maximum Gasteiger partial charge on any atom is 0.319 e. The maximum atomic E-state index is 12.6. The SMILES string of the molecule is Cc1cc(CNC(=O)Nc2ccc(C(=O)N3CCCCCC3)cc2)no1. The summed E-state index contributed by atoms with van der Waals surface area (Å²) in [5.74, 6) is 0.760. The summed E-state index contributed by atoms with van der Waals surface area (Å²) in [4.78, 5) is 26.4. The van der Waals surface area contributed by atoms with Crippen molar-refractivity contribution in [3.63, 3.8) is 0 Å². The first-order valence-corrected chi connectivity index (χ1v) is 8.98. The van der Waals surface area contributed by atoms with Crippen LogP contribution in [0.5, 0.6) is 0 Å². The number of urea groups is 1. The first kappa shape index (κ1) is 18.0. The molecule has 0 radical (unpaired) electrons. The molecule has 3 rings (SSSR count). The lowest BCUT2D eigenvalue weighted by Crippen LogP contribution is -2.31. The Balaban J connectivity index is 1.51. The number of hydrogen-bond acceptors (Lipinski definition) is 4. The Hall–Kier alpha value is -2.83. The van der Waals surface area contributed by atoms with Crippen molar-refractivity contribution in [2.45, 2.75) is 39.2 Å². The topological polar surface area (TPSA) is 87.5 Å². The predicted octanol–water partition coefficient (Wildman–Crippen LogP) is 3.32. The van der Waals surface area contributed by atoms with Gasteiger partial charge in [0.2, 0.25) is 0 Å². The highest BCUT2D eigenvalue weighted by molar-refractivity contribution is 5.95. The fraction of sp³-hybridized carbons (Fsp3) is 0.421. The van der Waals surface area contributed by atoms with Crippen molar-refractivity contribution in [2.24, 2.45) is 0 Å². The van der Waals surface area contributed by atoms with Gasteiger partial charge < -0.3 is 20.1 Å². The standard InChI is InChI=1S/C19H24N4O3/c1-14-12-17(22-26-14)13-20-19(25)21-16-8-6-15(7-9-16)18(24)23-10-4-2-3-5-11-23/h6-9,12H,2-5,10-11,13H2,1H3,(H2,20,21,25). The number of aryl methyl sites for hydroxylation is 1. The van der Waals surface area contributed by atoms with Gasteiger partial charge >= 0.3 is 6.03 Å². The van der Waals surface area contributed by atoms with E-state index < -0.39 is 0 Å². The van der Waals surface area contributed by atoms with Gasteiger partial charge in [0.15, 0.2) is 0 Å². The van der Waals surface area contributed by atoms with E-state index in [1.54, 1.807) is 37.3 Å². The number of hydrogen-bond donors (Lipinski definition) is 2. The van der Waals surface area contributed by atoms with Crippen molar-refractivity contribution >= 4 is 17.6 Å². The van der Waals surface area contributed by atoms with E-state index in [-0.39, 0.29) is 18.5 Å². The molecule has 0 saturated carbocycles. The van der Waals surface area contributed by atoms with Crippen LogP contribution in [0.1, 0.15) is 47.5 Å². The molecule has 1 aromatic carbocycles. The zero-order valence-electron chi connectivity index (χ0n) is 15.0. The summed E-state index contributed by atoms with van der Waals surface area (Å²) in [7, 11) is 0. The molecule has 1 aliphatic heterocycles. The van der Waals surface area contributed by atoms with Crippen molar-refractivity contribution in [1.29, 1.82) is 0 Å². The van der Waals surface area contributed by atoms with Gasteiger partial charge in [0.05, 0.1) is 6.54 Å². The molecule has 0 unspecified atom stereocenters. The third-order valence-corrected chi connectivity index (χ3v) is 4.39. The number of carbonyl (C=O) groups excluding carboxylic acids is 2. The molecule has 1 saturated heterocycles. The molecule has 1 aromatic heterocycles. The number of likely N-dealkylation sites (tertiary alicyclic amines) is 1. The van der Waals surface area contributed by atoms with Crippen LogP contribution >= 0.6 is 0 Å². The molecule has 3 amide bonds. The van der Waals surface area contributed by atoms with Crippen LogP contribution in [0.3, 0.4) is 0 Å². The third-order valence-electron chi connectivity index (χ3n) is 4.39. The molecule has 1 fully saturated rings. The van der Waals surface area contributed by atoms with Crippen molar-refractivity contribution in [3.8, 4) is 0 Å². The highest BCUT2D eigenvalue weighted by Crippen LogP contribution is 2.15. The van der Waals surface area contributed by atoms with Gasteiger partial charge in [-0.2, -0.15) is 0 Å². The van der Waals surface area contributed by atoms with Gasteiger partial charge in [-0.15, -0.1) is 0 Å². The average molecular weight is 356 g/mol. The minimum absolute atomic E-state index is 0.0595. The van der Waals surface area contributed by atoms with Crippen LogP contribution in [0, 0.1) is 6.92 Å². The van der Waals surface area contributed by atoms with Gasteiger partial charge in [-0.3, -0.25) is 4.79 Å². The van der Waals surface area contributed by atoms with E-state index in [2.05, 4.69) is 15.8 Å². The zero-order chi connectivity index (χ0) is 18.4. The van der Waals surface area contributed by atoms with E-state index >= 15 is 0 Å². The van der Waals surface area contributed by atoms with Crippen LogP contribution in [0.25, 0.3) is 0 Å². The van der Waals surface area contributed by atoms with Gasteiger partial charge in [0.1, 0.15) is 11.5 Å². The molecule has 0 bridgehead atoms. The van der Waals surface area contributed by atoms with E-state index in [0.29, 0.717) is 22.7 Å². The van der Waals surface area contributed by atoms with Crippen LogP contribution in [0.2, 0.25) is 0 Å². The van der Waals surface area contributed by atoms with Crippen molar-refractivity contribution in [3.05, 3.63) is 47.3 Å². The smallest absolute Gasteiger partial charge is 0.319 e. The molecule has 138 valence electrons. The lowest BCUT2D eigenvalue weighted by atomic mass is 10.1. The maximum absolute atomic E-state index is 12.6. The number of benzene rings is 1. The molecular formula is C19H24N4O3. The van der Waals surface area contributed by atoms with Gasteiger partial charge in [-0.1, -0.05) is 18.0 Å². The average Bonchev–Trinajstić information content (AvgIpc) is 2.89. The quantitative estimate of drug-likeness (QED) is 0.880. The zero-order valence-corrected chi connectivity index (χ0v) is 15.0. The molecule has 0 atom stereocenters. The fourth-order valence-corrected chi connectivity index (χ4v) is 3.00. The molecule has 2 N–H and O–H groups in total. The molecular weight excluding hydrogens is 332 g/mol. The number of anilines is 1. The number of nitrogens with one attached hydrogen (secondary N) is 2. The summed E-state index contributed by atoms with van der Waals surface area (Å²) in [5.41, 5.74) is 1.94. The number of rotatable bonds is 4. The molecule has 1 aliphatic rings. The Labute approximate surface area is 152 Å². The Morgan fingerprint density at radius 3 is 2.42 bits per heavy atom. The molecule has 7 nitrogen and oxygen atoms in total. The summed E-state index contributed by atoms with van der Waals surface area (Å²) in [6.07, 6.45) is 4.51. The predicted molar refractivity (Wildman–Crippen MR) is 97.9 cm³/mol. The molecule has 2 heterocycles. The van der Waals surface area contributed by atoms with Crippen molar-refractivity contribution < 1.29 is 14.1 Å². The molecule has 0 spiro atoms. The number of carbonyl (C=O) groups is 2. The number of nitrogens with zero attached hydrogens (tertiary/aromatic N) is 2. The summed E-state index contributed by atoms with van der Waals surface area (Å²) in [5, 5.41) is 9.27. The van der Waals surface area contributed by atoms with Crippen LogP contribution in [-0.4, -0.2) is 35.1 Å². The van der Waals surface area contributed by atoms with E-state index in [4.69, 9.17) is 4.52 Å². The Kier molecular flexibility index (Phi) is 5.88. The van der Waals surface area contributed by atoms with E-state index in [0.717, 1.165) is 25.9 Å². The first-order chi connectivity index (χ1) is 12.6. The van der Waals surface area contributed by atoms with E-state index in [9.17, 15) is 9.59 Å². The molecule has 0 aliphatic carbocycles. The van der Waals surface area contributed by atoms with Crippen LogP contribution in [0.4, 0.5) is 10.5 Å². The van der Waals surface area contributed by atoms with Gasteiger partial charge in [0.25, 0.3) is 5.91 Å². The largest absolute Gasteiger partial charge is 0.361 e. The van der Waals surface area contributed by atoms with Crippen LogP contribution in [-0.2, 0) is 6.54 Å². The lowest BCUT2D eigenvalue weighted by molar-refractivity contribution is 0.0761. The Morgan fingerprint density at radius 1 is 1.12 bits per heavy atom. The second-order valence-electron chi connectivity index (χ2n) is 6.52.